The number of piperazine rings is 1. The molecule has 0 aromatic heterocycles. The Hall–Kier alpha value is -2.87. The molecule has 0 unspecified atom stereocenters. The van der Waals surface area contributed by atoms with Crippen LogP contribution in [0.15, 0.2) is 77.7 Å². The number of benzene rings is 3. The summed E-state index contributed by atoms with van der Waals surface area (Å²) in [5.41, 5.74) is 4.47. The lowest BCUT2D eigenvalue weighted by molar-refractivity contribution is 0.0698. The molecule has 8 heteroatoms. The van der Waals surface area contributed by atoms with Crippen molar-refractivity contribution in [3.63, 3.8) is 0 Å². The molecule has 34 heavy (non-hydrogen) atoms. The number of rotatable bonds is 4. The van der Waals surface area contributed by atoms with Crippen LogP contribution in [0.3, 0.4) is 0 Å². The molecule has 0 spiro atoms. The molecule has 0 atom stereocenters. The second kappa shape index (κ2) is 9.41. The molecule has 0 saturated carbocycles. The van der Waals surface area contributed by atoms with E-state index in [2.05, 4.69) is 29.2 Å². The van der Waals surface area contributed by atoms with Crippen molar-refractivity contribution in [2.24, 2.45) is 0 Å². The number of carbonyl (C=O) groups is 1. The minimum absolute atomic E-state index is 0.0738. The highest BCUT2D eigenvalue weighted by Crippen LogP contribution is 2.25. The predicted octanol–water partition coefficient (Wildman–Crippen LogP) is 4.05. The fourth-order valence-electron chi connectivity index (χ4n) is 4.62. The molecule has 0 bridgehead atoms. The summed E-state index contributed by atoms with van der Waals surface area (Å²) in [4.78, 5) is 17.3. The number of nitrogens with zero attached hydrogens (tertiary/aromatic N) is 3. The highest BCUT2D eigenvalue weighted by atomic mass is 35.5. The highest BCUT2D eigenvalue weighted by Gasteiger charge is 2.30. The van der Waals surface area contributed by atoms with E-state index in [4.69, 9.17) is 11.6 Å². The highest BCUT2D eigenvalue weighted by molar-refractivity contribution is 7.89. The van der Waals surface area contributed by atoms with Gasteiger partial charge >= 0.3 is 0 Å². The fraction of sp³-hybridized carbons (Fsp3) is 0.269. The number of carbonyl (C=O) groups excluding carboxylic acids is 1. The van der Waals surface area contributed by atoms with Crippen LogP contribution >= 0.6 is 11.6 Å². The zero-order valence-corrected chi connectivity index (χ0v) is 20.3. The molecule has 0 radical (unpaired) electrons. The molecule has 3 aromatic rings. The van der Waals surface area contributed by atoms with Crippen molar-refractivity contribution in [1.29, 1.82) is 0 Å². The summed E-state index contributed by atoms with van der Waals surface area (Å²) in [5, 5.41) is 0.382. The van der Waals surface area contributed by atoms with Crippen LogP contribution < -0.4 is 4.90 Å². The third kappa shape index (κ3) is 4.56. The number of hydrogen-bond donors (Lipinski definition) is 0. The summed E-state index contributed by atoms with van der Waals surface area (Å²) in [6, 6.07) is 22.5. The van der Waals surface area contributed by atoms with E-state index in [0.717, 1.165) is 25.2 Å². The topological polar surface area (TPSA) is 60.9 Å². The average Bonchev–Trinajstić information content (AvgIpc) is 2.88. The summed E-state index contributed by atoms with van der Waals surface area (Å²) in [6.07, 6.45) is 1.01. The van der Waals surface area contributed by atoms with Gasteiger partial charge in [-0.1, -0.05) is 41.9 Å². The van der Waals surface area contributed by atoms with Crippen molar-refractivity contribution in [3.05, 3.63) is 94.5 Å². The van der Waals surface area contributed by atoms with Gasteiger partial charge in [0, 0.05) is 55.5 Å². The van der Waals surface area contributed by atoms with Gasteiger partial charge in [-0.25, -0.2) is 8.42 Å². The van der Waals surface area contributed by atoms with Gasteiger partial charge in [0.25, 0.3) is 5.91 Å². The summed E-state index contributed by atoms with van der Waals surface area (Å²) >= 11 is 5.97. The Morgan fingerprint density at radius 1 is 0.794 bits per heavy atom. The van der Waals surface area contributed by atoms with Gasteiger partial charge in [0.15, 0.2) is 0 Å². The largest absolute Gasteiger partial charge is 0.367 e. The standard InChI is InChI=1S/C26H26ClN3O3S/c27-23-6-3-7-25(18-23)34(32,33)30-16-14-28(15-17-30)26(31)21-8-10-24(11-9-21)29-13-12-20-4-1-2-5-22(20)19-29/h1-11,18H,12-17,19H2. The smallest absolute Gasteiger partial charge is 0.253 e. The maximum atomic E-state index is 13.0. The van der Waals surface area contributed by atoms with Gasteiger partial charge in [0.1, 0.15) is 0 Å². The molecule has 3 aromatic carbocycles. The quantitative estimate of drug-likeness (QED) is 0.548. The van der Waals surface area contributed by atoms with Gasteiger partial charge in [0.05, 0.1) is 4.90 Å². The van der Waals surface area contributed by atoms with E-state index >= 15 is 0 Å². The first kappa shape index (κ1) is 22.9. The van der Waals surface area contributed by atoms with E-state index < -0.39 is 10.0 Å². The molecule has 1 fully saturated rings. The lowest BCUT2D eigenvalue weighted by Crippen LogP contribution is -2.50. The molecule has 1 saturated heterocycles. The zero-order chi connectivity index (χ0) is 23.7. The SMILES string of the molecule is O=C(c1ccc(N2CCc3ccccc3C2)cc1)N1CCN(S(=O)(=O)c2cccc(Cl)c2)CC1. The second-order valence-corrected chi connectivity index (χ2v) is 11.0. The van der Waals surface area contributed by atoms with E-state index in [0.29, 0.717) is 23.7 Å². The molecular weight excluding hydrogens is 470 g/mol. The van der Waals surface area contributed by atoms with Gasteiger partial charge in [-0.2, -0.15) is 4.31 Å². The van der Waals surface area contributed by atoms with Crippen LogP contribution in [0.2, 0.25) is 5.02 Å². The van der Waals surface area contributed by atoms with Crippen LogP contribution in [0.1, 0.15) is 21.5 Å². The van der Waals surface area contributed by atoms with E-state index in [9.17, 15) is 13.2 Å². The molecule has 2 aliphatic heterocycles. The van der Waals surface area contributed by atoms with Crippen molar-refractivity contribution in [2.75, 3.05) is 37.6 Å². The Kier molecular flexibility index (Phi) is 6.34. The van der Waals surface area contributed by atoms with E-state index in [1.54, 1.807) is 23.1 Å². The van der Waals surface area contributed by atoms with Crippen molar-refractivity contribution in [3.8, 4) is 0 Å². The molecule has 1 amide bonds. The number of anilines is 1. The van der Waals surface area contributed by atoms with Crippen molar-refractivity contribution in [1.82, 2.24) is 9.21 Å². The lowest BCUT2D eigenvalue weighted by Gasteiger charge is -2.34. The Labute approximate surface area is 205 Å². The third-order valence-electron chi connectivity index (χ3n) is 6.57. The van der Waals surface area contributed by atoms with E-state index in [1.807, 2.05) is 24.3 Å². The predicted molar refractivity (Wildman–Crippen MR) is 134 cm³/mol. The first-order valence-electron chi connectivity index (χ1n) is 11.4. The van der Waals surface area contributed by atoms with Crippen molar-refractivity contribution < 1.29 is 13.2 Å². The Morgan fingerprint density at radius 2 is 1.50 bits per heavy atom. The number of fused-ring (bicyclic) bond motifs is 1. The molecule has 0 aliphatic carbocycles. The normalized spacial score (nSPS) is 16.9. The molecule has 2 aliphatic rings. The lowest BCUT2D eigenvalue weighted by atomic mass is 9.99. The molecule has 176 valence electrons. The molecule has 2 heterocycles. The van der Waals surface area contributed by atoms with E-state index in [1.165, 1.54) is 21.5 Å². The zero-order valence-electron chi connectivity index (χ0n) is 18.7. The molecule has 0 N–H and O–H groups in total. The molecular formula is C26H26ClN3O3S. The maximum absolute atomic E-state index is 13.0. The second-order valence-electron chi connectivity index (χ2n) is 8.64. The van der Waals surface area contributed by atoms with Crippen LogP contribution in [-0.2, 0) is 23.0 Å². The number of hydrogen-bond acceptors (Lipinski definition) is 4. The van der Waals surface area contributed by atoms with Crippen LogP contribution in [0, 0.1) is 0 Å². The van der Waals surface area contributed by atoms with Gasteiger partial charge in [-0.15, -0.1) is 0 Å². The third-order valence-corrected chi connectivity index (χ3v) is 8.70. The summed E-state index contributed by atoms with van der Waals surface area (Å²) in [7, 11) is -3.63. The first-order valence-corrected chi connectivity index (χ1v) is 13.2. The van der Waals surface area contributed by atoms with Gasteiger partial charge in [-0.3, -0.25) is 4.79 Å². The van der Waals surface area contributed by atoms with E-state index in [-0.39, 0.29) is 23.9 Å². The van der Waals surface area contributed by atoms with Gasteiger partial charge in [-0.05, 0) is 60.0 Å². The minimum atomic E-state index is -3.63. The van der Waals surface area contributed by atoms with Crippen LogP contribution in [0.4, 0.5) is 5.69 Å². The van der Waals surface area contributed by atoms with Crippen LogP contribution in [0.5, 0.6) is 0 Å². The van der Waals surface area contributed by atoms with Crippen LogP contribution in [0.25, 0.3) is 0 Å². The summed E-state index contributed by atoms with van der Waals surface area (Å²) in [5.74, 6) is -0.0738. The Morgan fingerprint density at radius 3 is 2.21 bits per heavy atom. The number of amides is 1. The first-order chi connectivity index (χ1) is 16.4. The number of sulfonamides is 1. The van der Waals surface area contributed by atoms with Crippen LogP contribution in [-0.4, -0.2) is 56.3 Å². The van der Waals surface area contributed by atoms with Gasteiger partial charge < -0.3 is 9.80 Å². The number of halogens is 1. The summed E-state index contributed by atoms with van der Waals surface area (Å²) < 4.78 is 27.2. The van der Waals surface area contributed by atoms with Crippen molar-refractivity contribution >= 4 is 33.2 Å². The van der Waals surface area contributed by atoms with Gasteiger partial charge in [0.2, 0.25) is 10.0 Å². The molecule has 5 rings (SSSR count). The molecule has 6 nitrogen and oxygen atoms in total. The summed E-state index contributed by atoms with van der Waals surface area (Å²) in [6.45, 7) is 3.03. The Bertz CT molecular complexity index is 1300. The maximum Gasteiger partial charge on any atom is 0.253 e. The van der Waals surface area contributed by atoms with Crippen molar-refractivity contribution in [2.45, 2.75) is 17.9 Å². The minimum Gasteiger partial charge on any atom is -0.367 e. The fourth-order valence-corrected chi connectivity index (χ4v) is 6.35. The Balaban J connectivity index is 1.21. The monoisotopic (exact) mass is 495 g/mol. The average molecular weight is 496 g/mol.